The molecular formula is C12H15F3N2O2. The Morgan fingerprint density at radius 3 is 2.58 bits per heavy atom. The summed E-state index contributed by atoms with van der Waals surface area (Å²) < 4.78 is 43.3. The molecule has 0 heterocycles. The minimum absolute atomic E-state index is 0.0838. The molecular weight excluding hydrogens is 261 g/mol. The lowest BCUT2D eigenvalue weighted by Crippen LogP contribution is -2.20. The SMILES string of the molecule is CNCCC(=O)Nc1ccc(OC)cc1C(F)(F)F. The largest absolute Gasteiger partial charge is 0.497 e. The van der Waals surface area contributed by atoms with Crippen LogP contribution in [0, 0.1) is 0 Å². The molecule has 0 aliphatic carbocycles. The van der Waals surface area contributed by atoms with Crippen LogP contribution < -0.4 is 15.4 Å². The molecule has 1 aromatic rings. The lowest BCUT2D eigenvalue weighted by atomic mass is 10.1. The third-order valence-corrected chi connectivity index (χ3v) is 2.41. The van der Waals surface area contributed by atoms with Crippen LogP contribution in [0.15, 0.2) is 18.2 Å². The normalized spacial score (nSPS) is 11.2. The van der Waals surface area contributed by atoms with Crippen LogP contribution in [0.25, 0.3) is 0 Å². The lowest BCUT2D eigenvalue weighted by Gasteiger charge is -2.15. The monoisotopic (exact) mass is 276 g/mol. The van der Waals surface area contributed by atoms with Crippen LogP contribution in [-0.2, 0) is 11.0 Å². The van der Waals surface area contributed by atoms with Gasteiger partial charge in [0, 0.05) is 13.0 Å². The van der Waals surface area contributed by atoms with Crippen molar-refractivity contribution in [3.05, 3.63) is 23.8 Å². The number of alkyl halides is 3. The number of hydrogen-bond acceptors (Lipinski definition) is 3. The minimum Gasteiger partial charge on any atom is -0.497 e. The molecule has 0 aromatic heterocycles. The molecule has 0 atom stereocenters. The van der Waals surface area contributed by atoms with Crippen LogP contribution in [0.5, 0.6) is 5.75 Å². The molecule has 1 rings (SSSR count). The zero-order valence-electron chi connectivity index (χ0n) is 10.6. The number of anilines is 1. The molecule has 0 saturated heterocycles. The second-order valence-corrected chi connectivity index (χ2v) is 3.81. The molecule has 0 aliphatic heterocycles. The molecule has 0 aliphatic rings. The van der Waals surface area contributed by atoms with Gasteiger partial charge in [-0.2, -0.15) is 13.2 Å². The summed E-state index contributed by atoms with van der Waals surface area (Å²) in [5, 5.41) is 4.99. The molecule has 0 radical (unpaired) electrons. The topological polar surface area (TPSA) is 50.4 Å². The summed E-state index contributed by atoms with van der Waals surface area (Å²) in [4.78, 5) is 11.5. The van der Waals surface area contributed by atoms with Gasteiger partial charge in [0.1, 0.15) is 5.75 Å². The molecule has 1 aromatic carbocycles. The maximum Gasteiger partial charge on any atom is 0.418 e. The predicted molar refractivity (Wildman–Crippen MR) is 65.2 cm³/mol. The average Bonchev–Trinajstić information content (AvgIpc) is 2.35. The number of rotatable bonds is 5. The van der Waals surface area contributed by atoms with Gasteiger partial charge in [-0.15, -0.1) is 0 Å². The molecule has 0 fully saturated rings. The molecule has 19 heavy (non-hydrogen) atoms. The van der Waals surface area contributed by atoms with E-state index in [9.17, 15) is 18.0 Å². The van der Waals surface area contributed by atoms with Crippen molar-refractivity contribution in [3.63, 3.8) is 0 Å². The van der Waals surface area contributed by atoms with E-state index in [-0.39, 0.29) is 17.9 Å². The zero-order valence-corrected chi connectivity index (χ0v) is 10.6. The van der Waals surface area contributed by atoms with Gasteiger partial charge < -0.3 is 15.4 Å². The Hall–Kier alpha value is -1.76. The fourth-order valence-electron chi connectivity index (χ4n) is 1.45. The summed E-state index contributed by atoms with van der Waals surface area (Å²) in [5.74, 6) is -0.398. The number of benzene rings is 1. The van der Waals surface area contributed by atoms with Crippen LogP contribution in [-0.4, -0.2) is 26.6 Å². The van der Waals surface area contributed by atoms with Gasteiger partial charge in [-0.3, -0.25) is 4.79 Å². The van der Waals surface area contributed by atoms with E-state index in [1.807, 2.05) is 0 Å². The lowest BCUT2D eigenvalue weighted by molar-refractivity contribution is -0.137. The van der Waals surface area contributed by atoms with E-state index in [1.165, 1.54) is 19.2 Å². The summed E-state index contributed by atoms with van der Waals surface area (Å²) >= 11 is 0. The number of hydrogen-bond donors (Lipinski definition) is 2. The Balaban J connectivity index is 2.96. The van der Waals surface area contributed by atoms with Crippen molar-refractivity contribution >= 4 is 11.6 Å². The minimum atomic E-state index is -4.56. The first-order valence-corrected chi connectivity index (χ1v) is 5.58. The summed E-state index contributed by atoms with van der Waals surface area (Å²) in [5.41, 5.74) is -1.20. The molecule has 1 amide bonds. The fourth-order valence-corrected chi connectivity index (χ4v) is 1.45. The van der Waals surface area contributed by atoms with Gasteiger partial charge in [0.15, 0.2) is 0 Å². The van der Waals surface area contributed by atoms with E-state index >= 15 is 0 Å². The number of nitrogens with one attached hydrogen (secondary N) is 2. The van der Waals surface area contributed by atoms with Crippen molar-refractivity contribution in [2.24, 2.45) is 0 Å². The maximum atomic E-state index is 12.8. The van der Waals surface area contributed by atoms with Crippen LogP contribution in [0.3, 0.4) is 0 Å². The first kappa shape index (κ1) is 15.3. The van der Waals surface area contributed by atoms with E-state index < -0.39 is 17.6 Å². The van der Waals surface area contributed by atoms with Gasteiger partial charge in [-0.1, -0.05) is 0 Å². The second-order valence-electron chi connectivity index (χ2n) is 3.81. The van der Waals surface area contributed by atoms with E-state index in [2.05, 4.69) is 10.6 Å². The Labute approximate surface area is 108 Å². The van der Waals surface area contributed by atoms with Gasteiger partial charge in [-0.05, 0) is 25.2 Å². The summed E-state index contributed by atoms with van der Waals surface area (Å²) in [7, 11) is 2.93. The number of carbonyl (C=O) groups excluding carboxylic acids is 1. The third kappa shape index (κ3) is 4.44. The van der Waals surface area contributed by atoms with Crippen LogP contribution >= 0.6 is 0 Å². The molecule has 4 nitrogen and oxygen atoms in total. The number of methoxy groups -OCH3 is 1. The number of carbonyl (C=O) groups is 1. The van der Waals surface area contributed by atoms with Crippen LogP contribution in [0.1, 0.15) is 12.0 Å². The first-order chi connectivity index (χ1) is 8.88. The fraction of sp³-hybridized carbons (Fsp3) is 0.417. The Kier molecular flexibility index (Phi) is 5.17. The standard InChI is InChI=1S/C12H15F3N2O2/c1-16-6-5-11(18)17-10-4-3-8(19-2)7-9(10)12(13,14)15/h3-4,7,16H,5-6H2,1-2H3,(H,17,18). The Bertz CT molecular complexity index is 447. The summed E-state index contributed by atoms with van der Waals surface area (Å²) in [6.07, 6.45) is -4.46. The van der Waals surface area contributed by atoms with E-state index in [0.29, 0.717) is 6.54 Å². The van der Waals surface area contributed by atoms with Gasteiger partial charge >= 0.3 is 6.18 Å². The summed E-state index contributed by atoms with van der Waals surface area (Å²) in [6.45, 7) is 0.392. The molecule has 0 unspecified atom stereocenters. The van der Waals surface area contributed by atoms with Crippen molar-refractivity contribution < 1.29 is 22.7 Å². The molecule has 7 heteroatoms. The number of halogens is 3. The van der Waals surface area contributed by atoms with Gasteiger partial charge in [0.05, 0.1) is 18.4 Å². The Morgan fingerprint density at radius 2 is 2.05 bits per heavy atom. The van der Waals surface area contributed by atoms with E-state index in [1.54, 1.807) is 7.05 Å². The molecule has 2 N–H and O–H groups in total. The highest BCUT2D eigenvalue weighted by Gasteiger charge is 2.34. The average molecular weight is 276 g/mol. The first-order valence-electron chi connectivity index (χ1n) is 5.58. The smallest absolute Gasteiger partial charge is 0.418 e. The van der Waals surface area contributed by atoms with Crippen molar-refractivity contribution in [1.29, 1.82) is 0 Å². The number of amides is 1. The highest BCUT2D eigenvalue weighted by Crippen LogP contribution is 2.37. The second kappa shape index (κ2) is 6.42. The van der Waals surface area contributed by atoms with Crippen molar-refractivity contribution in [3.8, 4) is 5.75 Å². The number of ether oxygens (including phenoxy) is 1. The van der Waals surface area contributed by atoms with Crippen molar-refractivity contribution in [2.45, 2.75) is 12.6 Å². The quantitative estimate of drug-likeness (QED) is 0.867. The molecule has 0 bridgehead atoms. The van der Waals surface area contributed by atoms with Crippen molar-refractivity contribution in [1.82, 2.24) is 5.32 Å². The van der Waals surface area contributed by atoms with Gasteiger partial charge in [0.2, 0.25) is 5.91 Å². The van der Waals surface area contributed by atoms with Gasteiger partial charge in [0.25, 0.3) is 0 Å². The molecule has 0 spiro atoms. The van der Waals surface area contributed by atoms with Gasteiger partial charge in [-0.25, -0.2) is 0 Å². The molecule has 0 saturated carbocycles. The third-order valence-electron chi connectivity index (χ3n) is 2.41. The van der Waals surface area contributed by atoms with Crippen molar-refractivity contribution in [2.75, 3.05) is 26.0 Å². The molecule has 106 valence electrons. The van der Waals surface area contributed by atoms with E-state index in [4.69, 9.17) is 4.74 Å². The maximum absolute atomic E-state index is 12.8. The summed E-state index contributed by atoms with van der Waals surface area (Å²) in [6, 6.07) is 3.40. The highest BCUT2D eigenvalue weighted by atomic mass is 19.4. The van der Waals surface area contributed by atoms with Crippen LogP contribution in [0.4, 0.5) is 18.9 Å². The highest BCUT2D eigenvalue weighted by molar-refractivity contribution is 5.91. The Morgan fingerprint density at radius 1 is 1.37 bits per heavy atom. The van der Waals surface area contributed by atoms with E-state index in [0.717, 1.165) is 6.07 Å². The predicted octanol–water partition coefficient (Wildman–Crippen LogP) is 2.26. The van der Waals surface area contributed by atoms with Crippen LogP contribution in [0.2, 0.25) is 0 Å². The zero-order chi connectivity index (χ0) is 14.5.